The molecule has 4 rings (SSSR count). The Bertz CT molecular complexity index is 1070. The topological polar surface area (TPSA) is 78.7 Å². The molecule has 1 aromatic carbocycles. The first kappa shape index (κ1) is 26.9. The SMILES string of the molecule is CCC1(CC)OB(c2cc(F)c3nn(C4CCN(C(=O)OC(C)(C)C)CC4)nc3c2)OC1(CC)CC. The van der Waals surface area contributed by atoms with E-state index < -0.39 is 29.7 Å². The summed E-state index contributed by atoms with van der Waals surface area (Å²) in [6.45, 7) is 15.2. The van der Waals surface area contributed by atoms with Crippen molar-refractivity contribution in [2.75, 3.05) is 13.1 Å². The molecule has 2 saturated heterocycles. The summed E-state index contributed by atoms with van der Waals surface area (Å²) in [4.78, 5) is 15.7. The van der Waals surface area contributed by atoms with Gasteiger partial charge in [0.25, 0.3) is 0 Å². The van der Waals surface area contributed by atoms with Gasteiger partial charge in [-0.2, -0.15) is 9.90 Å². The van der Waals surface area contributed by atoms with Crippen LogP contribution < -0.4 is 5.46 Å². The summed E-state index contributed by atoms with van der Waals surface area (Å²) < 4.78 is 33.8. The van der Waals surface area contributed by atoms with Crippen LogP contribution in [0.5, 0.6) is 0 Å². The second-order valence-electron chi connectivity index (χ2n) is 11.1. The molecule has 8 nitrogen and oxygen atoms in total. The van der Waals surface area contributed by atoms with Gasteiger partial charge >= 0.3 is 13.2 Å². The summed E-state index contributed by atoms with van der Waals surface area (Å²) >= 11 is 0. The van der Waals surface area contributed by atoms with Crippen LogP contribution in [0, 0.1) is 5.82 Å². The molecular weight excluding hydrogens is 462 g/mol. The fourth-order valence-electron chi connectivity index (χ4n) is 5.83. The maximum absolute atomic E-state index is 15.2. The highest BCUT2D eigenvalue weighted by atomic mass is 19.1. The minimum absolute atomic E-state index is 0.0152. The maximum Gasteiger partial charge on any atom is 0.495 e. The van der Waals surface area contributed by atoms with Gasteiger partial charge in [-0.15, -0.1) is 5.10 Å². The van der Waals surface area contributed by atoms with Crippen molar-refractivity contribution >= 4 is 29.7 Å². The van der Waals surface area contributed by atoms with Crippen molar-refractivity contribution in [2.45, 2.75) is 110 Å². The van der Waals surface area contributed by atoms with E-state index in [1.165, 1.54) is 6.07 Å². The van der Waals surface area contributed by atoms with Crippen LogP contribution in [0.4, 0.5) is 9.18 Å². The molecule has 1 aromatic heterocycles. The summed E-state index contributed by atoms with van der Waals surface area (Å²) in [7, 11) is -0.647. The number of piperidine rings is 1. The molecule has 3 heterocycles. The minimum Gasteiger partial charge on any atom is -0.444 e. The van der Waals surface area contributed by atoms with Gasteiger partial charge in [-0.1, -0.05) is 27.7 Å². The average Bonchev–Trinajstić information content (AvgIpc) is 3.43. The van der Waals surface area contributed by atoms with Crippen molar-refractivity contribution in [3.8, 4) is 0 Å². The number of amides is 1. The summed E-state index contributed by atoms with van der Waals surface area (Å²) in [6.07, 6.45) is 4.34. The van der Waals surface area contributed by atoms with E-state index in [2.05, 4.69) is 37.9 Å². The minimum atomic E-state index is -0.647. The van der Waals surface area contributed by atoms with E-state index in [0.29, 0.717) is 36.9 Å². The molecule has 2 fully saturated rings. The number of halogens is 1. The fourth-order valence-corrected chi connectivity index (χ4v) is 5.83. The number of rotatable bonds is 6. The summed E-state index contributed by atoms with van der Waals surface area (Å²) in [5.41, 5.74) is -0.00370. The second-order valence-corrected chi connectivity index (χ2v) is 11.1. The first-order valence-electron chi connectivity index (χ1n) is 13.4. The van der Waals surface area contributed by atoms with Crippen LogP contribution in [0.2, 0.25) is 0 Å². The number of likely N-dealkylation sites (tertiary alicyclic amines) is 1. The van der Waals surface area contributed by atoms with E-state index in [9.17, 15) is 4.79 Å². The van der Waals surface area contributed by atoms with Crippen LogP contribution in [-0.2, 0) is 14.0 Å². The third-order valence-corrected chi connectivity index (χ3v) is 7.97. The first-order valence-corrected chi connectivity index (χ1v) is 13.4. The Morgan fingerprint density at radius 2 is 1.61 bits per heavy atom. The van der Waals surface area contributed by atoms with Crippen LogP contribution in [0.1, 0.15) is 93.0 Å². The zero-order valence-corrected chi connectivity index (χ0v) is 22.8. The highest BCUT2D eigenvalue weighted by Crippen LogP contribution is 2.46. The normalized spacial score (nSPS) is 20.3. The van der Waals surface area contributed by atoms with Gasteiger partial charge in [-0.25, -0.2) is 9.18 Å². The Hall–Kier alpha value is -2.20. The van der Waals surface area contributed by atoms with Crippen molar-refractivity contribution in [1.29, 1.82) is 0 Å². The Labute approximate surface area is 214 Å². The van der Waals surface area contributed by atoms with Crippen molar-refractivity contribution in [3.63, 3.8) is 0 Å². The molecule has 0 unspecified atom stereocenters. The van der Waals surface area contributed by atoms with Gasteiger partial charge in [0.2, 0.25) is 0 Å². The van der Waals surface area contributed by atoms with E-state index in [1.54, 1.807) is 9.70 Å². The third-order valence-electron chi connectivity index (χ3n) is 7.97. The standard InChI is InChI=1S/C26H40BFN4O4/c1-8-25(9-2)26(10-3,11-4)36-27(35-25)18-16-20(28)22-21(17-18)29-32(30-22)19-12-14-31(15-13-19)23(33)34-24(5,6)7/h16-17,19H,8-15H2,1-7H3. The van der Waals surface area contributed by atoms with Crippen LogP contribution in [0.25, 0.3) is 11.0 Å². The molecule has 1 amide bonds. The lowest BCUT2D eigenvalue weighted by atomic mass is 9.75. The molecule has 0 bridgehead atoms. The van der Waals surface area contributed by atoms with Gasteiger partial charge in [0, 0.05) is 13.1 Å². The van der Waals surface area contributed by atoms with Gasteiger partial charge in [-0.05, 0) is 76.9 Å². The molecule has 0 radical (unpaired) electrons. The predicted octanol–water partition coefficient (Wildman–Crippen LogP) is 5.00. The Kier molecular flexibility index (Phi) is 7.41. The Balaban J connectivity index is 1.53. The van der Waals surface area contributed by atoms with Gasteiger partial charge in [0.15, 0.2) is 5.82 Å². The number of carbonyl (C=O) groups is 1. The van der Waals surface area contributed by atoms with Crippen LogP contribution in [0.15, 0.2) is 12.1 Å². The van der Waals surface area contributed by atoms with Crippen LogP contribution in [0.3, 0.4) is 0 Å². The lowest BCUT2D eigenvalue weighted by Crippen LogP contribution is -2.50. The zero-order valence-electron chi connectivity index (χ0n) is 22.8. The molecule has 0 N–H and O–H groups in total. The summed E-state index contributed by atoms with van der Waals surface area (Å²) in [5, 5.41) is 9.10. The summed E-state index contributed by atoms with van der Waals surface area (Å²) in [6, 6.07) is 3.28. The second kappa shape index (κ2) is 9.93. The van der Waals surface area contributed by atoms with Crippen molar-refractivity contribution < 1.29 is 23.2 Å². The molecule has 198 valence electrons. The zero-order chi connectivity index (χ0) is 26.3. The van der Waals surface area contributed by atoms with E-state index in [1.807, 2.05) is 26.8 Å². The number of hydrogen-bond donors (Lipinski definition) is 0. The molecule has 2 aliphatic heterocycles. The van der Waals surface area contributed by atoms with Gasteiger partial charge in [0.05, 0.1) is 17.2 Å². The highest BCUT2D eigenvalue weighted by molar-refractivity contribution is 6.62. The number of benzene rings is 1. The molecular formula is C26H40BFN4O4. The number of nitrogens with zero attached hydrogens (tertiary/aromatic N) is 4. The first-order chi connectivity index (χ1) is 17.0. The lowest BCUT2D eigenvalue weighted by Gasteiger charge is -2.42. The lowest BCUT2D eigenvalue weighted by molar-refractivity contribution is -0.0601. The Morgan fingerprint density at radius 3 is 2.11 bits per heavy atom. The maximum atomic E-state index is 15.2. The van der Waals surface area contributed by atoms with Crippen molar-refractivity contribution in [1.82, 2.24) is 19.9 Å². The van der Waals surface area contributed by atoms with Gasteiger partial charge < -0.3 is 18.9 Å². The smallest absolute Gasteiger partial charge is 0.444 e. The highest BCUT2D eigenvalue weighted by Gasteiger charge is 2.58. The van der Waals surface area contributed by atoms with Crippen molar-refractivity contribution in [3.05, 3.63) is 17.9 Å². The molecule has 36 heavy (non-hydrogen) atoms. The summed E-state index contributed by atoms with van der Waals surface area (Å²) in [5.74, 6) is -0.434. The quantitative estimate of drug-likeness (QED) is 0.518. The predicted molar refractivity (Wildman–Crippen MR) is 138 cm³/mol. The van der Waals surface area contributed by atoms with Crippen LogP contribution in [-0.4, -0.2) is 63.0 Å². The van der Waals surface area contributed by atoms with Gasteiger partial charge in [0.1, 0.15) is 16.6 Å². The number of hydrogen-bond acceptors (Lipinski definition) is 6. The van der Waals surface area contributed by atoms with Crippen LogP contribution >= 0.6 is 0 Å². The fraction of sp³-hybridized carbons (Fsp3) is 0.731. The number of carbonyl (C=O) groups excluding carboxylic acids is 1. The number of ether oxygens (including phenoxy) is 1. The van der Waals surface area contributed by atoms with E-state index >= 15 is 4.39 Å². The number of aromatic nitrogens is 3. The molecule has 0 saturated carbocycles. The molecule has 0 atom stereocenters. The van der Waals surface area contributed by atoms with E-state index in [4.69, 9.17) is 14.0 Å². The Morgan fingerprint density at radius 1 is 1.06 bits per heavy atom. The third kappa shape index (κ3) is 4.74. The average molecular weight is 502 g/mol. The monoisotopic (exact) mass is 502 g/mol. The molecule has 10 heteroatoms. The molecule has 2 aromatic rings. The van der Waals surface area contributed by atoms with E-state index in [0.717, 1.165) is 25.7 Å². The van der Waals surface area contributed by atoms with E-state index in [-0.39, 0.29) is 17.7 Å². The van der Waals surface area contributed by atoms with Crippen molar-refractivity contribution in [2.24, 2.45) is 0 Å². The largest absolute Gasteiger partial charge is 0.495 e. The van der Waals surface area contributed by atoms with Gasteiger partial charge in [-0.3, -0.25) is 0 Å². The molecule has 2 aliphatic rings. The molecule has 0 aliphatic carbocycles. The molecule has 0 spiro atoms. The number of fused-ring (bicyclic) bond motifs is 1.